The van der Waals surface area contributed by atoms with Crippen molar-refractivity contribution >= 4 is 17.5 Å². The van der Waals surface area contributed by atoms with Gasteiger partial charge in [0.1, 0.15) is 11.7 Å². The summed E-state index contributed by atoms with van der Waals surface area (Å²) in [4.78, 5) is 39.1. The van der Waals surface area contributed by atoms with Crippen molar-refractivity contribution in [2.75, 3.05) is 0 Å². The van der Waals surface area contributed by atoms with Crippen molar-refractivity contribution in [2.45, 2.75) is 117 Å². The molecule has 8 nitrogen and oxygen atoms in total. The molecule has 8 atom stereocenters. The molecule has 0 bridgehead atoms. The smallest absolute Gasteiger partial charge is 0.303 e. The van der Waals surface area contributed by atoms with Crippen molar-refractivity contribution < 1.29 is 38.8 Å². The van der Waals surface area contributed by atoms with Gasteiger partial charge in [-0.15, -0.1) is 0 Å². The zero-order chi connectivity index (χ0) is 28.4. The molecule has 4 rings (SSSR count). The Morgan fingerprint density at radius 1 is 1.21 bits per heavy atom. The number of hydrogen-bond acceptors (Lipinski definition) is 8. The van der Waals surface area contributed by atoms with Crippen molar-refractivity contribution in [1.29, 1.82) is 0 Å². The summed E-state index contributed by atoms with van der Waals surface area (Å²) in [6, 6.07) is 0. The van der Waals surface area contributed by atoms with E-state index in [-0.39, 0.29) is 29.1 Å². The fraction of sp³-hybridized carbons (Fsp3) is 0.700. The lowest BCUT2D eigenvalue weighted by atomic mass is 9.52. The van der Waals surface area contributed by atoms with E-state index >= 15 is 0 Å². The van der Waals surface area contributed by atoms with E-state index in [1.165, 1.54) is 13.0 Å². The number of carbonyl (C=O) groups excluding carboxylic acids is 3. The third kappa shape index (κ3) is 4.58. The van der Waals surface area contributed by atoms with Crippen LogP contribution in [0.2, 0.25) is 0 Å². The number of Topliss-reactive ketones (excluding diaryl/α,β-unsaturated/α-hetero) is 1. The lowest BCUT2D eigenvalue weighted by molar-refractivity contribution is -0.260. The summed E-state index contributed by atoms with van der Waals surface area (Å²) in [5.74, 6) is -2.57. The molecule has 0 spiro atoms. The van der Waals surface area contributed by atoms with E-state index in [1.54, 1.807) is 20.8 Å². The highest BCUT2D eigenvalue weighted by Crippen LogP contribution is 2.59. The first kappa shape index (κ1) is 28.7. The minimum atomic E-state index is -1.20. The van der Waals surface area contributed by atoms with Gasteiger partial charge in [-0.25, -0.2) is 0 Å². The van der Waals surface area contributed by atoms with Crippen LogP contribution in [0.4, 0.5) is 0 Å². The average molecular weight is 531 g/mol. The molecule has 2 aliphatic carbocycles. The quantitative estimate of drug-likeness (QED) is 0.314. The van der Waals surface area contributed by atoms with Crippen LogP contribution < -0.4 is 0 Å². The van der Waals surface area contributed by atoms with Crippen molar-refractivity contribution in [2.24, 2.45) is 17.3 Å². The maximum Gasteiger partial charge on any atom is 0.303 e. The van der Waals surface area contributed by atoms with E-state index in [9.17, 15) is 24.6 Å². The summed E-state index contributed by atoms with van der Waals surface area (Å²) in [5, 5.41) is 22.3. The molecule has 0 unspecified atom stereocenters. The Kier molecular flexibility index (Phi) is 7.34. The van der Waals surface area contributed by atoms with E-state index < -0.39 is 58.2 Å². The second-order valence-electron chi connectivity index (χ2n) is 12.6. The molecule has 0 amide bonds. The Morgan fingerprint density at radius 3 is 2.45 bits per heavy atom. The average Bonchev–Trinajstić information content (AvgIpc) is 2.81. The zero-order valence-electron chi connectivity index (χ0n) is 23.8. The van der Waals surface area contributed by atoms with E-state index in [4.69, 9.17) is 14.2 Å². The molecule has 2 fully saturated rings. The third-order valence-corrected chi connectivity index (χ3v) is 9.42. The van der Waals surface area contributed by atoms with Gasteiger partial charge in [0, 0.05) is 29.7 Å². The molecule has 38 heavy (non-hydrogen) atoms. The number of carbonyl (C=O) groups is 3. The number of rotatable bonds is 5. The van der Waals surface area contributed by atoms with Crippen LogP contribution in [0.25, 0.3) is 0 Å². The summed E-state index contributed by atoms with van der Waals surface area (Å²) in [6.07, 6.45) is 3.07. The van der Waals surface area contributed by atoms with Gasteiger partial charge in [-0.3, -0.25) is 14.4 Å². The largest absolute Gasteiger partial charge is 0.482 e. The number of aliphatic hydroxyl groups is 2. The molecule has 0 radical (unpaired) electrons. The van der Waals surface area contributed by atoms with Crippen LogP contribution in [0.1, 0.15) is 81.1 Å². The predicted octanol–water partition coefficient (Wildman–Crippen LogP) is 3.74. The molecular formula is C30H42O8. The molecule has 4 aliphatic rings. The maximum absolute atomic E-state index is 13.8. The first-order valence-corrected chi connectivity index (χ1v) is 13.6. The van der Waals surface area contributed by atoms with Crippen LogP contribution in [-0.2, 0) is 28.6 Å². The van der Waals surface area contributed by atoms with Crippen LogP contribution in [-0.4, -0.2) is 63.4 Å². The van der Waals surface area contributed by atoms with Gasteiger partial charge < -0.3 is 24.4 Å². The molecular weight excluding hydrogens is 488 g/mol. The van der Waals surface area contributed by atoms with E-state index in [1.807, 2.05) is 26.8 Å². The number of esters is 1. The summed E-state index contributed by atoms with van der Waals surface area (Å²) in [5.41, 5.74) is -1.44. The number of allylic oxidation sites excluding steroid dienone is 3. The highest BCUT2D eigenvalue weighted by atomic mass is 16.5. The number of ether oxygens (including phenoxy) is 3. The van der Waals surface area contributed by atoms with Crippen molar-refractivity contribution in [3.8, 4) is 0 Å². The fourth-order valence-corrected chi connectivity index (χ4v) is 7.24. The van der Waals surface area contributed by atoms with Crippen LogP contribution in [0.15, 0.2) is 34.6 Å². The molecule has 1 saturated carbocycles. The number of hydrogen-bond donors (Lipinski definition) is 2. The van der Waals surface area contributed by atoms with E-state index in [2.05, 4.69) is 6.92 Å². The first-order chi connectivity index (χ1) is 17.5. The second-order valence-corrected chi connectivity index (χ2v) is 12.6. The highest BCUT2D eigenvalue weighted by Gasteiger charge is 2.64. The van der Waals surface area contributed by atoms with Crippen molar-refractivity contribution in [3.05, 3.63) is 34.6 Å². The Morgan fingerprint density at radius 2 is 1.87 bits per heavy atom. The van der Waals surface area contributed by atoms with Gasteiger partial charge in [0.2, 0.25) is 5.78 Å². The topological polar surface area (TPSA) is 119 Å². The van der Waals surface area contributed by atoms with Crippen molar-refractivity contribution in [1.82, 2.24) is 0 Å². The SMILES string of the molecule is C/C=C(/C)[C@H](OC(C)=O)[C@@H](C)C1=CC(=O)C2=C(O[C@]3(C)CC[C@H]4O[C@@H](C(C)(C)O)CC[C@]4(C)[C@H]3[C@@H]2O)C1=O. The van der Waals surface area contributed by atoms with Gasteiger partial charge in [0.25, 0.3) is 0 Å². The third-order valence-electron chi connectivity index (χ3n) is 9.42. The molecule has 0 aromatic heterocycles. The molecule has 1 saturated heterocycles. The molecule has 2 heterocycles. The lowest BCUT2D eigenvalue weighted by Gasteiger charge is -2.61. The fourth-order valence-electron chi connectivity index (χ4n) is 7.24. The Balaban J connectivity index is 1.68. The minimum absolute atomic E-state index is 0.00768. The van der Waals surface area contributed by atoms with Crippen LogP contribution in [0, 0.1) is 17.3 Å². The van der Waals surface area contributed by atoms with Gasteiger partial charge in [0.15, 0.2) is 11.5 Å². The molecule has 2 N–H and O–H groups in total. The van der Waals surface area contributed by atoms with E-state index in [0.717, 1.165) is 5.57 Å². The highest BCUT2D eigenvalue weighted by molar-refractivity contribution is 6.22. The van der Waals surface area contributed by atoms with Gasteiger partial charge in [-0.1, -0.05) is 19.9 Å². The minimum Gasteiger partial charge on any atom is -0.482 e. The molecule has 210 valence electrons. The Labute approximate surface area is 225 Å². The second kappa shape index (κ2) is 9.72. The predicted molar refractivity (Wildman–Crippen MR) is 140 cm³/mol. The first-order valence-electron chi connectivity index (χ1n) is 13.6. The van der Waals surface area contributed by atoms with Gasteiger partial charge >= 0.3 is 5.97 Å². The molecule has 0 aromatic carbocycles. The van der Waals surface area contributed by atoms with Crippen molar-refractivity contribution in [3.63, 3.8) is 0 Å². The number of ketones is 2. The summed E-state index contributed by atoms with van der Waals surface area (Å²) < 4.78 is 18.4. The monoisotopic (exact) mass is 530 g/mol. The number of fused-ring (bicyclic) bond motifs is 3. The van der Waals surface area contributed by atoms with Gasteiger partial charge in [-0.05, 0) is 72.0 Å². The van der Waals surface area contributed by atoms with Crippen LogP contribution >= 0.6 is 0 Å². The lowest BCUT2D eigenvalue weighted by Crippen LogP contribution is -2.66. The van der Waals surface area contributed by atoms with Gasteiger partial charge in [-0.2, -0.15) is 0 Å². The van der Waals surface area contributed by atoms with E-state index in [0.29, 0.717) is 25.7 Å². The zero-order valence-corrected chi connectivity index (χ0v) is 23.8. The van der Waals surface area contributed by atoms with Crippen LogP contribution in [0.3, 0.4) is 0 Å². The summed E-state index contributed by atoms with van der Waals surface area (Å²) >= 11 is 0. The van der Waals surface area contributed by atoms with Crippen LogP contribution in [0.5, 0.6) is 0 Å². The maximum atomic E-state index is 13.8. The summed E-state index contributed by atoms with van der Waals surface area (Å²) in [7, 11) is 0. The molecule has 0 aromatic rings. The number of aliphatic hydroxyl groups excluding tert-OH is 1. The Bertz CT molecular complexity index is 1120. The Hall–Kier alpha value is -2.29. The standard InChI is InChI=1S/C30H42O8/c1-9-15(2)25(36-17(4)31)16(3)18-14-19(32)22-24(34)27-29(7)12-10-20(28(5,6)35)37-21(29)11-13-30(27,8)38-26(22)23(18)33/h9,14,16,20-21,24-25,27,34-35H,10-13H2,1-8H3/b15-9-/t16-,20+,21+,24+,25-,27+,29-,30+/m0/s1. The van der Waals surface area contributed by atoms with Gasteiger partial charge in [0.05, 0.1) is 29.5 Å². The normalized spacial score (nSPS) is 37.3. The molecule has 2 aliphatic heterocycles. The summed E-state index contributed by atoms with van der Waals surface area (Å²) in [6.45, 7) is 14.1. The molecule has 8 heteroatoms.